The summed E-state index contributed by atoms with van der Waals surface area (Å²) in [5.41, 5.74) is 5.40. The van der Waals surface area contributed by atoms with Gasteiger partial charge in [0.1, 0.15) is 0 Å². The first-order valence-electron chi connectivity index (χ1n) is 5.14. The van der Waals surface area contributed by atoms with Gasteiger partial charge in [0.25, 0.3) is 0 Å². The van der Waals surface area contributed by atoms with E-state index in [0.29, 0.717) is 0 Å². The van der Waals surface area contributed by atoms with Crippen LogP contribution in [0.4, 0.5) is 0 Å². The van der Waals surface area contributed by atoms with Gasteiger partial charge >= 0.3 is 0 Å². The third kappa shape index (κ3) is 1.22. The van der Waals surface area contributed by atoms with E-state index < -0.39 is 0 Å². The van der Waals surface area contributed by atoms with Gasteiger partial charge in [-0.3, -0.25) is 0 Å². The first-order valence-corrected chi connectivity index (χ1v) is 5.14. The summed E-state index contributed by atoms with van der Waals surface area (Å²) in [6.07, 6.45) is 4.82. The Hall–Kier alpha value is -1.83. The Morgan fingerprint density at radius 2 is 2.07 bits per heavy atom. The third-order valence-electron chi connectivity index (χ3n) is 2.99. The molecule has 3 rings (SSSR count). The molecule has 1 aromatic carbocycles. The Kier molecular flexibility index (Phi) is 1.75. The Morgan fingerprint density at radius 1 is 1.20 bits per heavy atom. The lowest BCUT2D eigenvalue weighted by Gasteiger charge is -2.02. The van der Waals surface area contributed by atoms with Crippen LogP contribution in [-0.4, -0.2) is 9.78 Å². The summed E-state index contributed by atoms with van der Waals surface area (Å²) in [7, 11) is 0. The number of benzene rings is 1. The maximum Gasteiger partial charge on any atom is 0.0498 e. The van der Waals surface area contributed by atoms with Crippen molar-refractivity contribution in [1.29, 1.82) is 0 Å². The zero-order chi connectivity index (χ0) is 10.3. The van der Waals surface area contributed by atoms with Gasteiger partial charge in [-0.2, -0.15) is 5.10 Å². The van der Waals surface area contributed by atoms with Crippen LogP contribution in [0.2, 0.25) is 0 Å². The van der Waals surface area contributed by atoms with Crippen LogP contribution < -0.4 is 0 Å². The normalized spacial score (nSPS) is 14.5. The molecule has 0 aliphatic heterocycles. The molecule has 2 heteroatoms. The number of fused-ring (bicyclic) bond motifs is 1. The molecule has 0 unspecified atom stereocenters. The Morgan fingerprint density at radius 3 is 2.80 bits per heavy atom. The largest absolute Gasteiger partial charge is 0.244 e. The number of aromatic nitrogens is 2. The summed E-state index contributed by atoms with van der Waals surface area (Å²) in [5.74, 6) is 0. The summed E-state index contributed by atoms with van der Waals surface area (Å²) < 4.78 is 1.97. The number of rotatable bonds is 1. The molecular formula is C13H12N2. The van der Waals surface area contributed by atoms with Gasteiger partial charge < -0.3 is 0 Å². The van der Waals surface area contributed by atoms with Gasteiger partial charge in [0.15, 0.2) is 0 Å². The van der Waals surface area contributed by atoms with E-state index in [1.165, 1.54) is 22.4 Å². The minimum atomic E-state index is 0.990. The molecule has 15 heavy (non-hydrogen) atoms. The SMILES string of the molecule is CC1=C(n2cccn2)Cc2ccccc21. The number of hydrogen-bond donors (Lipinski definition) is 0. The number of allylic oxidation sites excluding steroid dienone is 2. The average Bonchev–Trinajstić information content (AvgIpc) is 2.87. The fraction of sp³-hybridized carbons (Fsp3) is 0.154. The van der Waals surface area contributed by atoms with E-state index in [9.17, 15) is 0 Å². The minimum absolute atomic E-state index is 0.990. The van der Waals surface area contributed by atoms with Gasteiger partial charge in [0, 0.05) is 24.5 Å². The fourth-order valence-electron chi connectivity index (χ4n) is 2.19. The zero-order valence-corrected chi connectivity index (χ0v) is 8.64. The molecule has 0 fully saturated rings. The van der Waals surface area contributed by atoms with E-state index in [0.717, 1.165) is 6.42 Å². The Labute approximate surface area is 88.9 Å². The van der Waals surface area contributed by atoms with Crippen molar-refractivity contribution in [3.63, 3.8) is 0 Å². The summed E-state index contributed by atoms with van der Waals surface area (Å²) in [4.78, 5) is 0. The van der Waals surface area contributed by atoms with Gasteiger partial charge in [-0.1, -0.05) is 24.3 Å². The molecule has 0 spiro atoms. The highest BCUT2D eigenvalue weighted by molar-refractivity contribution is 5.89. The minimum Gasteiger partial charge on any atom is -0.244 e. The van der Waals surface area contributed by atoms with Crippen LogP contribution in [-0.2, 0) is 6.42 Å². The van der Waals surface area contributed by atoms with E-state index in [1.807, 2.05) is 23.1 Å². The molecule has 2 nitrogen and oxygen atoms in total. The maximum atomic E-state index is 4.29. The Balaban J connectivity index is 2.13. The van der Waals surface area contributed by atoms with E-state index in [1.54, 1.807) is 0 Å². The molecule has 0 bridgehead atoms. The van der Waals surface area contributed by atoms with Gasteiger partial charge in [-0.25, -0.2) is 4.68 Å². The lowest BCUT2D eigenvalue weighted by molar-refractivity contribution is 0.880. The predicted molar refractivity (Wildman–Crippen MR) is 61.2 cm³/mol. The maximum absolute atomic E-state index is 4.29. The number of hydrogen-bond acceptors (Lipinski definition) is 1. The van der Waals surface area contributed by atoms with Crippen LogP contribution >= 0.6 is 0 Å². The standard InChI is InChI=1S/C13H12N2/c1-10-12-6-3-2-5-11(12)9-13(10)15-8-4-7-14-15/h2-8H,9H2,1H3. The smallest absolute Gasteiger partial charge is 0.0498 e. The number of nitrogens with zero attached hydrogens (tertiary/aromatic N) is 2. The van der Waals surface area contributed by atoms with Gasteiger partial charge in [0.05, 0.1) is 0 Å². The van der Waals surface area contributed by atoms with Crippen molar-refractivity contribution in [1.82, 2.24) is 9.78 Å². The van der Waals surface area contributed by atoms with Crippen LogP contribution in [0.25, 0.3) is 11.3 Å². The van der Waals surface area contributed by atoms with Crippen molar-refractivity contribution in [3.8, 4) is 0 Å². The molecule has 2 aromatic rings. The van der Waals surface area contributed by atoms with E-state index in [-0.39, 0.29) is 0 Å². The molecule has 1 heterocycles. The highest BCUT2D eigenvalue weighted by atomic mass is 15.3. The lowest BCUT2D eigenvalue weighted by Crippen LogP contribution is -1.97. The van der Waals surface area contributed by atoms with Gasteiger partial charge in [-0.05, 0) is 29.7 Å². The van der Waals surface area contributed by atoms with Crippen LogP contribution in [0.5, 0.6) is 0 Å². The lowest BCUT2D eigenvalue weighted by atomic mass is 10.1. The van der Waals surface area contributed by atoms with Gasteiger partial charge in [-0.15, -0.1) is 0 Å². The van der Waals surface area contributed by atoms with E-state index >= 15 is 0 Å². The predicted octanol–water partition coefficient (Wildman–Crippen LogP) is 2.83. The third-order valence-corrected chi connectivity index (χ3v) is 2.99. The van der Waals surface area contributed by atoms with Gasteiger partial charge in [0.2, 0.25) is 0 Å². The molecule has 1 aliphatic rings. The molecule has 0 amide bonds. The van der Waals surface area contributed by atoms with Crippen molar-refractivity contribution in [2.45, 2.75) is 13.3 Å². The monoisotopic (exact) mass is 196 g/mol. The second-order valence-corrected chi connectivity index (χ2v) is 3.86. The van der Waals surface area contributed by atoms with Crippen molar-refractivity contribution < 1.29 is 0 Å². The molecule has 0 saturated carbocycles. The highest BCUT2D eigenvalue weighted by Gasteiger charge is 2.18. The second-order valence-electron chi connectivity index (χ2n) is 3.86. The van der Waals surface area contributed by atoms with Crippen LogP contribution in [0.3, 0.4) is 0 Å². The first-order chi connectivity index (χ1) is 7.36. The molecule has 0 saturated heterocycles. The van der Waals surface area contributed by atoms with Crippen LogP contribution in [0, 0.1) is 0 Å². The molecule has 1 aromatic heterocycles. The summed E-state index contributed by atoms with van der Waals surface area (Å²) in [6, 6.07) is 10.5. The average molecular weight is 196 g/mol. The molecule has 0 atom stereocenters. The highest BCUT2D eigenvalue weighted by Crippen LogP contribution is 2.34. The van der Waals surface area contributed by atoms with E-state index in [2.05, 4.69) is 36.3 Å². The van der Waals surface area contributed by atoms with Crippen molar-refractivity contribution in [2.75, 3.05) is 0 Å². The van der Waals surface area contributed by atoms with Crippen molar-refractivity contribution >= 4 is 11.3 Å². The summed E-state index contributed by atoms with van der Waals surface area (Å²) in [5, 5.41) is 4.29. The molecule has 1 aliphatic carbocycles. The van der Waals surface area contributed by atoms with E-state index in [4.69, 9.17) is 0 Å². The van der Waals surface area contributed by atoms with Crippen molar-refractivity contribution in [3.05, 3.63) is 53.9 Å². The molecule has 0 radical (unpaired) electrons. The van der Waals surface area contributed by atoms with Crippen molar-refractivity contribution in [2.24, 2.45) is 0 Å². The van der Waals surface area contributed by atoms with Crippen LogP contribution in [0.15, 0.2) is 42.7 Å². The zero-order valence-electron chi connectivity index (χ0n) is 8.64. The first kappa shape index (κ1) is 8.48. The Bertz CT molecular complexity index is 521. The summed E-state index contributed by atoms with van der Waals surface area (Å²) in [6.45, 7) is 2.17. The molecule has 0 N–H and O–H groups in total. The summed E-state index contributed by atoms with van der Waals surface area (Å²) >= 11 is 0. The fourth-order valence-corrected chi connectivity index (χ4v) is 2.19. The quantitative estimate of drug-likeness (QED) is 0.685. The van der Waals surface area contributed by atoms with Crippen LogP contribution in [0.1, 0.15) is 18.1 Å². The molecular weight excluding hydrogens is 184 g/mol. The molecule has 74 valence electrons. The second kappa shape index (κ2) is 3.09. The topological polar surface area (TPSA) is 17.8 Å².